The highest BCUT2D eigenvalue weighted by molar-refractivity contribution is 5.92. The second kappa shape index (κ2) is 10.7. The summed E-state index contributed by atoms with van der Waals surface area (Å²) in [5.74, 6) is -2.20. The van der Waals surface area contributed by atoms with E-state index in [0.717, 1.165) is 5.56 Å². The summed E-state index contributed by atoms with van der Waals surface area (Å²) in [7, 11) is 0. The van der Waals surface area contributed by atoms with Gasteiger partial charge in [0.05, 0.1) is 6.04 Å². The van der Waals surface area contributed by atoms with Crippen LogP contribution in [0.2, 0.25) is 0 Å². The number of aliphatic carboxylic acids is 1. The number of hydrogen-bond donors (Lipinski definition) is 5. The van der Waals surface area contributed by atoms with Crippen LogP contribution < -0.4 is 16.4 Å². The Labute approximate surface area is 165 Å². The minimum absolute atomic E-state index is 0.0900. The maximum absolute atomic E-state index is 12.6. The Kier molecular flexibility index (Phi) is 8.91. The van der Waals surface area contributed by atoms with Gasteiger partial charge in [0.2, 0.25) is 11.8 Å². The summed E-state index contributed by atoms with van der Waals surface area (Å²) >= 11 is 0. The minimum Gasteiger partial charge on any atom is -0.508 e. The van der Waals surface area contributed by atoms with E-state index in [1.54, 1.807) is 26.0 Å². The molecule has 0 spiro atoms. The molecule has 0 saturated carbocycles. The fraction of sp³-hybridized carbons (Fsp3) is 0.550. The zero-order valence-electron chi connectivity index (χ0n) is 16.8. The van der Waals surface area contributed by atoms with Crippen molar-refractivity contribution in [2.24, 2.45) is 17.6 Å². The third-order valence-electron chi connectivity index (χ3n) is 4.30. The Morgan fingerprint density at radius 2 is 1.57 bits per heavy atom. The molecule has 3 atom stereocenters. The van der Waals surface area contributed by atoms with Crippen molar-refractivity contribution in [1.29, 1.82) is 0 Å². The van der Waals surface area contributed by atoms with E-state index in [4.69, 9.17) is 5.73 Å². The van der Waals surface area contributed by atoms with Gasteiger partial charge in [0.15, 0.2) is 0 Å². The van der Waals surface area contributed by atoms with Crippen molar-refractivity contribution in [2.45, 2.75) is 58.7 Å². The third kappa shape index (κ3) is 7.56. The average Bonchev–Trinajstić information content (AvgIpc) is 2.59. The van der Waals surface area contributed by atoms with Crippen LogP contribution in [0.25, 0.3) is 0 Å². The van der Waals surface area contributed by atoms with Crippen molar-refractivity contribution in [3.05, 3.63) is 29.8 Å². The van der Waals surface area contributed by atoms with Crippen LogP contribution in [0.4, 0.5) is 0 Å². The van der Waals surface area contributed by atoms with Gasteiger partial charge < -0.3 is 26.6 Å². The lowest BCUT2D eigenvalue weighted by Gasteiger charge is -2.26. The molecule has 0 aliphatic heterocycles. The van der Waals surface area contributed by atoms with Crippen LogP contribution in [-0.2, 0) is 20.8 Å². The lowest BCUT2D eigenvalue weighted by atomic mass is 9.99. The molecule has 0 heterocycles. The maximum Gasteiger partial charge on any atom is 0.326 e. The van der Waals surface area contributed by atoms with Crippen LogP contribution in [0.1, 0.15) is 39.7 Å². The standard InChI is InChI=1S/C20H31N3O5/c1-11(2)9-16(20(27)28)22-19(26)17(12(3)4)23-18(25)15(21)10-13-5-7-14(24)8-6-13/h5-8,11-12,15-17,24H,9-10,21H2,1-4H3,(H,22,26)(H,23,25)(H,27,28). The Morgan fingerprint density at radius 1 is 1.00 bits per heavy atom. The van der Waals surface area contributed by atoms with E-state index in [1.807, 2.05) is 13.8 Å². The van der Waals surface area contributed by atoms with Gasteiger partial charge in [-0.1, -0.05) is 39.8 Å². The molecule has 0 radical (unpaired) electrons. The van der Waals surface area contributed by atoms with Gasteiger partial charge in [-0.3, -0.25) is 9.59 Å². The molecule has 0 aliphatic carbocycles. The SMILES string of the molecule is CC(C)CC(NC(=O)C(NC(=O)C(N)Cc1ccc(O)cc1)C(C)C)C(=O)O. The first-order valence-corrected chi connectivity index (χ1v) is 9.38. The fourth-order valence-electron chi connectivity index (χ4n) is 2.73. The number of amides is 2. The number of aromatic hydroxyl groups is 1. The van der Waals surface area contributed by atoms with E-state index in [1.165, 1.54) is 12.1 Å². The van der Waals surface area contributed by atoms with Gasteiger partial charge in [0, 0.05) is 0 Å². The molecular formula is C20H31N3O5. The van der Waals surface area contributed by atoms with E-state index in [-0.39, 0.29) is 24.0 Å². The molecule has 8 heteroatoms. The topological polar surface area (TPSA) is 142 Å². The summed E-state index contributed by atoms with van der Waals surface area (Å²) < 4.78 is 0. The van der Waals surface area contributed by atoms with E-state index in [0.29, 0.717) is 6.42 Å². The lowest BCUT2D eigenvalue weighted by molar-refractivity contribution is -0.143. The number of carbonyl (C=O) groups is 3. The molecule has 3 unspecified atom stereocenters. The third-order valence-corrected chi connectivity index (χ3v) is 4.30. The van der Waals surface area contributed by atoms with Gasteiger partial charge in [-0.25, -0.2) is 4.79 Å². The molecule has 0 saturated heterocycles. The minimum atomic E-state index is -1.11. The highest BCUT2D eigenvalue weighted by Gasteiger charge is 2.30. The molecule has 2 amide bonds. The van der Waals surface area contributed by atoms with Crippen molar-refractivity contribution >= 4 is 17.8 Å². The van der Waals surface area contributed by atoms with Crippen molar-refractivity contribution in [3.8, 4) is 5.75 Å². The first-order chi connectivity index (χ1) is 13.0. The van der Waals surface area contributed by atoms with E-state index in [9.17, 15) is 24.6 Å². The molecule has 8 nitrogen and oxygen atoms in total. The highest BCUT2D eigenvalue weighted by Crippen LogP contribution is 2.12. The Hall–Kier alpha value is -2.61. The lowest BCUT2D eigenvalue weighted by Crippen LogP contribution is -2.56. The number of phenols is 1. The van der Waals surface area contributed by atoms with Crippen molar-refractivity contribution < 1.29 is 24.6 Å². The van der Waals surface area contributed by atoms with Crippen molar-refractivity contribution in [1.82, 2.24) is 10.6 Å². The van der Waals surface area contributed by atoms with Gasteiger partial charge in [0.25, 0.3) is 0 Å². The number of rotatable bonds is 10. The second-order valence-corrected chi connectivity index (χ2v) is 7.74. The molecule has 0 aromatic heterocycles. The van der Waals surface area contributed by atoms with E-state index in [2.05, 4.69) is 10.6 Å². The monoisotopic (exact) mass is 393 g/mol. The molecule has 1 aromatic rings. The van der Waals surface area contributed by atoms with E-state index < -0.39 is 35.9 Å². The largest absolute Gasteiger partial charge is 0.508 e. The molecule has 156 valence electrons. The predicted octanol–water partition coefficient (Wildman–Crippen LogP) is 1.02. The van der Waals surface area contributed by atoms with Crippen LogP contribution in [0.15, 0.2) is 24.3 Å². The second-order valence-electron chi connectivity index (χ2n) is 7.74. The van der Waals surface area contributed by atoms with Crippen molar-refractivity contribution in [3.63, 3.8) is 0 Å². The maximum atomic E-state index is 12.6. The summed E-state index contributed by atoms with van der Waals surface area (Å²) in [6.07, 6.45) is 0.532. The van der Waals surface area contributed by atoms with Crippen molar-refractivity contribution in [2.75, 3.05) is 0 Å². The molecule has 0 aliphatic rings. The molecule has 0 bridgehead atoms. The molecule has 6 N–H and O–H groups in total. The number of nitrogens with two attached hydrogens (primary N) is 1. The summed E-state index contributed by atoms with van der Waals surface area (Å²) in [5.41, 5.74) is 6.72. The van der Waals surface area contributed by atoms with Crippen LogP contribution in [-0.4, -0.2) is 46.1 Å². The van der Waals surface area contributed by atoms with Gasteiger partial charge in [-0.05, 0) is 42.4 Å². The Morgan fingerprint density at radius 3 is 2.04 bits per heavy atom. The number of benzene rings is 1. The number of carbonyl (C=O) groups excluding carboxylic acids is 2. The smallest absolute Gasteiger partial charge is 0.326 e. The molecule has 0 fully saturated rings. The molecular weight excluding hydrogens is 362 g/mol. The zero-order chi connectivity index (χ0) is 21.4. The van der Waals surface area contributed by atoms with Crippen LogP contribution in [0.3, 0.4) is 0 Å². The first kappa shape index (κ1) is 23.4. The van der Waals surface area contributed by atoms with Crippen LogP contribution >= 0.6 is 0 Å². The number of hydrogen-bond acceptors (Lipinski definition) is 5. The summed E-state index contributed by atoms with van der Waals surface area (Å²) in [6, 6.07) is 3.54. The molecule has 28 heavy (non-hydrogen) atoms. The number of carboxylic acid groups (broad SMARTS) is 1. The fourth-order valence-corrected chi connectivity index (χ4v) is 2.73. The number of phenolic OH excluding ortho intramolecular Hbond substituents is 1. The Bertz CT molecular complexity index is 673. The molecule has 1 rings (SSSR count). The number of nitrogens with one attached hydrogen (secondary N) is 2. The highest BCUT2D eigenvalue weighted by atomic mass is 16.4. The summed E-state index contributed by atoms with van der Waals surface area (Å²) in [4.78, 5) is 36.4. The van der Waals surface area contributed by atoms with Crippen LogP contribution in [0.5, 0.6) is 5.75 Å². The van der Waals surface area contributed by atoms with E-state index >= 15 is 0 Å². The normalized spacial score (nSPS) is 14.4. The first-order valence-electron chi connectivity index (χ1n) is 9.38. The number of carboxylic acids is 1. The van der Waals surface area contributed by atoms with Gasteiger partial charge in [-0.15, -0.1) is 0 Å². The summed E-state index contributed by atoms with van der Waals surface area (Å²) in [6.45, 7) is 7.25. The van der Waals surface area contributed by atoms with Gasteiger partial charge >= 0.3 is 5.97 Å². The Balaban J connectivity index is 2.76. The quantitative estimate of drug-likeness (QED) is 0.402. The summed E-state index contributed by atoms with van der Waals surface area (Å²) in [5, 5.41) is 23.7. The van der Waals surface area contributed by atoms with Gasteiger partial charge in [0.1, 0.15) is 17.8 Å². The van der Waals surface area contributed by atoms with Gasteiger partial charge in [-0.2, -0.15) is 0 Å². The molecule has 1 aromatic carbocycles. The van der Waals surface area contributed by atoms with Crippen LogP contribution in [0, 0.1) is 11.8 Å². The zero-order valence-corrected chi connectivity index (χ0v) is 16.8. The average molecular weight is 393 g/mol. The predicted molar refractivity (Wildman–Crippen MR) is 106 cm³/mol.